The van der Waals surface area contributed by atoms with Crippen molar-refractivity contribution in [2.75, 3.05) is 32.5 Å². The summed E-state index contributed by atoms with van der Waals surface area (Å²) in [4.78, 5) is 16.7. The van der Waals surface area contributed by atoms with E-state index in [-0.39, 0.29) is 16.8 Å². The average molecular weight is 269 g/mol. The van der Waals surface area contributed by atoms with Crippen LogP contribution in [-0.4, -0.2) is 48.1 Å². The monoisotopic (exact) mass is 269 g/mol. The summed E-state index contributed by atoms with van der Waals surface area (Å²) < 4.78 is 13.8. The number of nitrogens with zero attached hydrogens (tertiary/aromatic N) is 2. The molecule has 0 aliphatic heterocycles. The van der Waals surface area contributed by atoms with Crippen LogP contribution >= 0.6 is 0 Å². The molecule has 0 radical (unpaired) electrons. The second-order valence-corrected chi connectivity index (χ2v) is 5.58. The van der Waals surface area contributed by atoms with Gasteiger partial charge in [-0.05, 0) is 25.6 Å². The maximum absolute atomic E-state index is 13.8. The van der Waals surface area contributed by atoms with Crippen molar-refractivity contribution in [1.82, 2.24) is 9.88 Å². The molecule has 19 heavy (non-hydrogen) atoms. The maximum Gasteiger partial charge on any atom is 0.338 e. The number of hydrogen-bond donors (Lipinski definition) is 2. The van der Waals surface area contributed by atoms with Gasteiger partial charge in [0.05, 0.1) is 0 Å². The minimum atomic E-state index is -1.30. The fourth-order valence-corrected chi connectivity index (χ4v) is 1.97. The van der Waals surface area contributed by atoms with E-state index in [2.05, 4.69) is 10.3 Å². The fourth-order valence-electron chi connectivity index (χ4n) is 1.97. The van der Waals surface area contributed by atoms with Crippen LogP contribution in [0, 0.1) is 11.2 Å². The molecule has 2 N–H and O–H groups in total. The van der Waals surface area contributed by atoms with E-state index in [1.807, 2.05) is 32.8 Å². The summed E-state index contributed by atoms with van der Waals surface area (Å²) in [5.74, 6) is -2.14. The van der Waals surface area contributed by atoms with Crippen LogP contribution in [0.1, 0.15) is 24.2 Å². The maximum atomic E-state index is 13.8. The Hall–Kier alpha value is -1.69. The smallest absolute Gasteiger partial charge is 0.338 e. The van der Waals surface area contributed by atoms with E-state index in [1.165, 1.54) is 6.20 Å². The summed E-state index contributed by atoms with van der Waals surface area (Å²) in [6.07, 6.45) is 1.29. The molecule has 0 saturated heterocycles. The van der Waals surface area contributed by atoms with Crippen molar-refractivity contribution < 1.29 is 14.3 Å². The van der Waals surface area contributed by atoms with Crippen LogP contribution in [0.15, 0.2) is 12.3 Å². The van der Waals surface area contributed by atoms with Gasteiger partial charge in [0.15, 0.2) is 11.6 Å². The Bertz CT molecular complexity index is 461. The zero-order valence-electron chi connectivity index (χ0n) is 11.7. The van der Waals surface area contributed by atoms with Crippen molar-refractivity contribution in [3.05, 3.63) is 23.6 Å². The number of carboxylic acid groups (broad SMARTS) is 1. The minimum absolute atomic E-state index is 0.0215. The summed E-state index contributed by atoms with van der Waals surface area (Å²) in [5, 5.41) is 11.7. The quantitative estimate of drug-likeness (QED) is 0.826. The molecule has 0 saturated carbocycles. The van der Waals surface area contributed by atoms with Crippen LogP contribution in [0.3, 0.4) is 0 Å². The Morgan fingerprint density at radius 3 is 2.68 bits per heavy atom. The largest absolute Gasteiger partial charge is 0.478 e. The van der Waals surface area contributed by atoms with Gasteiger partial charge >= 0.3 is 5.97 Å². The first-order chi connectivity index (χ1) is 8.73. The molecule has 6 heteroatoms. The summed E-state index contributed by atoms with van der Waals surface area (Å²) in [6, 6.07) is 1.15. The average Bonchev–Trinajstić information content (AvgIpc) is 2.25. The van der Waals surface area contributed by atoms with Gasteiger partial charge in [0.25, 0.3) is 0 Å². The van der Waals surface area contributed by atoms with E-state index >= 15 is 0 Å². The number of halogens is 1. The molecule has 0 bridgehead atoms. The molecule has 1 aromatic heterocycles. The highest BCUT2D eigenvalue weighted by Crippen LogP contribution is 2.20. The summed E-state index contributed by atoms with van der Waals surface area (Å²) >= 11 is 0. The number of anilines is 1. The van der Waals surface area contributed by atoms with Gasteiger partial charge in [0.2, 0.25) is 0 Å². The van der Waals surface area contributed by atoms with E-state index in [9.17, 15) is 9.18 Å². The zero-order chi connectivity index (χ0) is 14.6. The van der Waals surface area contributed by atoms with Gasteiger partial charge in [0.1, 0.15) is 5.56 Å². The predicted molar refractivity (Wildman–Crippen MR) is 72.0 cm³/mol. The van der Waals surface area contributed by atoms with E-state index in [1.54, 1.807) is 0 Å². The molecule has 5 nitrogen and oxygen atoms in total. The van der Waals surface area contributed by atoms with Gasteiger partial charge in [-0.2, -0.15) is 0 Å². The standard InChI is InChI=1S/C13H20FN3O2/c1-13(2,8-17(3)4)7-16-11-10(14)9(12(18)19)5-6-15-11/h5-6H,7-8H2,1-4H3,(H,15,16)(H,18,19). The Kier molecular flexibility index (Phi) is 4.83. The Labute approximate surface area is 112 Å². The second-order valence-electron chi connectivity index (χ2n) is 5.58. The van der Waals surface area contributed by atoms with Gasteiger partial charge in [-0.15, -0.1) is 0 Å². The lowest BCUT2D eigenvalue weighted by Gasteiger charge is -2.28. The molecule has 1 heterocycles. The van der Waals surface area contributed by atoms with Crippen molar-refractivity contribution in [3.63, 3.8) is 0 Å². The SMILES string of the molecule is CN(C)CC(C)(C)CNc1nccc(C(=O)O)c1F. The van der Waals surface area contributed by atoms with Gasteiger partial charge in [-0.25, -0.2) is 14.2 Å². The first kappa shape index (κ1) is 15.4. The van der Waals surface area contributed by atoms with Gasteiger partial charge < -0.3 is 15.3 Å². The summed E-state index contributed by atoms with van der Waals surface area (Å²) in [6.45, 7) is 5.40. The molecule has 0 fully saturated rings. The number of carbonyl (C=O) groups is 1. The predicted octanol–water partition coefficient (Wildman–Crippen LogP) is 1.92. The first-order valence-corrected chi connectivity index (χ1v) is 5.99. The number of nitrogens with one attached hydrogen (secondary N) is 1. The van der Waals surface area contributed by atoms with Crippen molar-refractivity contribution in [2.45, 2.75) is 13.8 Å². The van der Waals surface area contributed by atoms with Crippen molar-refractivity contribution in [2.24, 2.45) is 5.41 Å². The van der Waals surface area contributed by atoms with Crippen LogP contribution in [0.4, 0.5) is 10.2 Å². The van der Waals surface area contributed by atoms with Crippen LogP contribution in [0.5, 0.6) is 0 Å². The van der Waals surface area contributed by atoms with Crippen LogP contribution < -0.4 is 5.32 Å². The number of rotatable bonds is 6. The normalized spacial score (nSPS) is 11.7. The topological polar surface area (TPSA) is 65.5 Å². The Morgan fingerprint density at radius 1 is 1.53 bits per heavy atom. The third-order valence-corrected chi connectivity index (χ3v) is 2.60. The third kappa shape index (κ3) is 4.48. The first-order valence-electron chi connectivity index (χ1n) is 5.99. The van der Waals surface area contributed by atoms with Crippen molar-refractivity contribution >= 4 is 11.8 Å². The van der Waals surface area contributed by atoms with Gasteiger partial charge in [0, 0.05) is 19.3 Å². The number of aromatic carboxylic acids is 1. The highest BCUT2D eigenvalue weighted by atomic mass is 19.1. The molecular weight excluding hydrogens is 249 g/mol. The lowest BCUT2D eigenvalue weighted by Crippen LogP contribution is -2.34. The van der Waals surface area contributed by atoms with Gasteiger partial charge in [-0.3, -0.25) is 0 Å². The van der Waals surface area contributed by atoms with Crippen LogP contribution in [-0.2, 0) is 0 Å². The van der Waals surface area contributed by atoms with Gasteiger partial charge in [-0.1, -0.05) is 13.8 Å². The molecule has 0 unspecified atom stereocenters. The summed E-state index contributed by atoms with van der Waals surface area (Å²) in [7, 11) is 3.93. The molecule has 0 aromatic carbocycles. The van der Waals surface area contributed by atoms with E-state index in [0.29, 0.717) is 6.54 Å². The fraction of sp³-hybridized carbons (Fsp3) is 0.538. The molecule has 1 rings (SSSR count). The van der Waals surface area contributed by atoms with E-state index < -0.39 is 11.8 Å². The molecule has 106 valence electrons. The molecule has 0 spiro atoms. The van der Waals surface area contributed by atoms with Crippen molar-refractivity contribution in [3.8, 4) is 0 Å². The summed E-state index contributed by atoms with van der Waals surface area (Å²) in [5.41, 5.74) is -0.459. The lowest BCUT2D eigenvalue weighted by molar-refractivity contribution is 0.0692. The lowest BCUT2D eigenvalue weighted by atomic mass is 9.93. The molecular formula is C13H20FN3O2. The number of hydrogen-bond acceptors (Lipinski definition) is 4. The number of carboxylic acids is 1. The van der Waals surface area contributed by atoms with E-state index in [0.717, 1.165) is 12.6 Å². The highest BCUT2D eigenvalue weighted by Gasteiger charge is 2.21. The van der Waals surface area contributed by atoms with Crippen LogP contribution in [0.2, 0.25) is 0 Å². The molecule has 0 aliphatic rings. The Morgan fingerprint density at radius 2 is 2.16 bits per heavy atom. The molecule has 0 amide bonds. The van der Waals surface area contributed by atoms with Crippen LogP contribution in [0.25, 0.3) is 0 Å². The van der Waals surface area contributed by atoms with Crippen molar-refractivity contribution in [1.29, 1.82) is 0 Å². The number of pyridine rings is 1. The second kappa shape index (κ2) is 5.97. The van der Waals surface area contributed by atoms with E-state index in [4.69, 9.17) is 5.11 Å². The highest BCUT2D eigenvalue weighted by molar-refractivity contribution is 5.88. The third-order valence-electron chi connectivity index (χ3n) is 2.60. The number of aromatic nitrogens is 1. The molecule has 0 aliphatic carbocycles. The molecule has 1 aromatic rings. The minimum Gasteiger partial charge on any atom is -0.478 e. The Balaban J connectivity index is 2.78. The molecule has 0 atom stereocenters. The zero-order valence-corrected chi connectivity index (χ0v) is 11.7.